The molecule has 26 heavy (non-hydrogen) atoms. The van der Waals surface area contributed by atoms with Gasteiger partial charge < -0.3 is 14.8 Å². The van der Waals surface area contributed by atoms with Crippen LogP contribution < -0.4 is 5.32 Å². The van der Waals surface area contributed by atoms with Crippen molar-refractivity contribution < 1.29 is 19.2 Å². The lowest BCUT2D eigenvalue weighted by Crippen LogP contribution is -2.50. The molecule has 2 fully saturated rings. The zero-order valence-electron chi connectivity index (χ0n) is 15.0. The van der Waals surface area contributed by atoms with Crippen molar-refractivity contribution in [3.05, 3.63) is 33.9 Å². The second-order valence-electron chi connectivity index (χ2n) is 6.77. The highest BCUT2D eigenvalue weighted by Crippen LogP contribution is 2.28. The lowest BCUT2D eigenvalue weighted by atomic mass is 9.96. The highest BCUT2D eigenvalue weighted by atomic mass is 16.6. The van der Waals surface area contributed by atoms with E-state index in [-0.39, 0.29) is 17.5 Å². The van der Waals surface area contributed by atoms with Crippen molar-refractivity contribution in [2.24, 2.45) is 5.92 Å². The molecule has 1 aromatic carbocycles. The molecule has 1 N–H and O–H groups in total. The van der Waals surface area contributed by atoms with Crippen LogP contribution >= 0.6 is 0 Å². The Bertz CT molecular complexity index is 654. The number of nitrogens with one attached hydrogen (secondary N) is 1. The number of morpholine rings is 1. The highest BCUT2D eigenvalue weighted by Gasteiger charge is 2.32. The predicted octanol–water partition coefficient (Wildman–Crippen LogP) is 1.95. The number of rotatable bonds is 7. The monoisotopic (exact) mass is 363 g/mol. The fraction of sp³-hybridized carbons (Fsp3) is 0.611. The minimum Gasteiger partial charge on any atom is -0.381 e. The molecule has 2 saturated heterocycles. The fourth-order valence-electron chi connectivity index (χ4n) is 3.62. The summed E-state index contributed by atoms with van der Waals surface area (Å²) in [6, 6.07) is 4.82. The fourth-order valence-corrected chi connectivity index (χ4v) is 3.62. The molecule has 0 amide bonds. The number of hydrogen-bond donors (Lipinski definition) is 1. The summed E-state index contributed by atoms with van der Waals surface area (Å²) >= 11 is 0. The van der Waals surface area contributed by atoms with Crippen molar-refractivity contribution in [2.45, 2.75) is 19.4 Å². The number of carbonyl (C=O) groups excluding carboxylic acids is 1. The number of ketones is 1. The summed E-state index contributed by atoms with van der Waals surface area (Å²) in [7, 11) is 0. The Morgan fingerprint density at radius 1 is 1.35 bits per heavy atom. The van der Waals surface area contributed by atoms with Crippen LogP contribution in [0.5, 0.6) is 0 Å². The first-order chi connectivity index (χ1) is 12.6. The van der Waals surface area contributed by atoms with E-state index in [2.05, 4.69) is 10.2 Å². The third-order valence-corrected chi connectivity index (χ3v) is 5.13. The van der Waals surface area contributed by atoms with E-state index in [1.54, 1.807) is 12.1 Å². The number of anilines is 1. The molecule has 0 aromatic heterocycles. The molecule has 0 spiro atoms. The number of carbonyl (C=O) groups is 1. The first-order valence-electron chi connectivity index (χ1n) is 8.99. The summed E-state index contributed by atoms with van der Waals surface area (Å²) < 4.78 is 11.0. The van der Waals surface area contributed by atoms with Crippen LogP contribution in [0, 0.1) is 16.0 Å². The van der Waals surface area contributed by atoms with Gasteiger partial charge in [-0.3, -0.25) is 19.8 Å². The Labute approximate surface area is 152 Å². The Balaban J connectivity index is 1.75. The molecular weight excluding hydrogens is 338 g/mol. The molecule has 8 heteroatoms. The second-order valence-corrected chi connectivity index (χ2v) is 6.77. The van der Waals surface area contributed by atoms with Gasteiger partial charge in [-0.1, -0.05) is 0 Å². The number of Topliss-reactive ketones (excluding diaryl/α,β-unsaturated/α-hetero) is 1. The van der Waals surface area contributed by atoms with Crippen LogP contribution in [0.15, 0.2) is 18.2 Å². The molecule has 0 radical (unpaired) electrons. The molecule has 0 bridgehead atoms. The summed E-state index contributed by atoms with van der Waals surface area (Å²) in [5.74, 6) is 0.213. The van der Waals surface area contributed by atoms with E-state index in [4.69, 9.17) is 9.47 Å². The van der Waals surface area contributed by atoms with Crippen molar-refractivity contribution >= 4 is 17.2 Å². The highest BCUT2D eigenvalue weighted by molar-refractivity contribution is 5.95. The molecule has 2 heterocycles. The van der Waals surface area contributed by atoms with Crippen molar-refractivity contribution in [2.75, 3.05) is 51.4 Å². The van der Waals surface area contributed by atoms with Gasteiger partial charge in [0.15, 0.2) is 5.78 Å². The molecule has 0 unspecified atom stereocenters. The summed E-state index contributed by atoms with van der Waals surface area (Å²) in [4.78, 5) is 24.8. The van der Waals surface area contributed by atoms with Gasteiger partial charge in [-0.15, -0.1) is 0 Å². The second kappa shape index (κ2) is 8.57. The van der Waals surface area contributed by atoms with Crippen molar-refractivity contribution in [3.63, 3.8) is 0 Å². The minimum atomic E-state index is -0.447. The Morgan fingerprint density at radius 2 is 2.12 bits per heavy atom. The molecule has 2 aliphatic heterocycles. The van der Waals surface area contributed by atoms with E-state index < -0.39 is 4.92 Å². The number of benzene rings is 1. The first-order valence-corrected chi connectivity index (χ1v) is 8.99. The van der Waals surface area contributed by atoms with Crippen molar-refractivity contribution in [3.8, 4) is 0 Å². The van der Waals surface area contributed by atoms with Crippen molar-refractivity contribution in [1.29, 1.82) is 0 Å². The molecule has 0 aliphatic carbocycles. The average Bonchev–Trinajstić information content (AvgIpc) is 3.17. The number of nitro groups is 1. The third-order valence-electron chi connectivity index (χ3n) is 5.13. The lowest BCUT2D eigenvalue weighted by molar-refractivity contribution is -0.384. The van der Waals surface area contributed by atoms with Crippen molar-refractivity contribution in [1.82, 2.24) is 4.90 Å². The number of hydrogen-bond acceptors (Lipinski definition) is 7. The minimum absolute atomic E-state index is 0.0684. The van der Waals surface area contributed by atoms with Gasteiger partial charge >= 0.3 is 0 Å². The average molecular weight is 363 g/mol. The lowest BCUT2D eigenvalue weighted by Gasteiger charge is -2.37. The number of ether oxygens (including phenoxy) is 2. The Kier molecular flexibility index (Phi) is 6.18. The summed E-state index contributed by atoms with van der Waals surface area (Å²) in [5.41, 5.74) is 0.717. The molecule has 142 valence electrons. The third kappa shape index (κ3) is 4.38. The molecule has 0 saturated carbocycles. The predicted molar refractivity (Wildman–Crippen MR) is 96.7 cm³/mol. The van der Waals surface area contributed by atoms with Crippen LogP contribution in [0.4, 0.5) is 11.4 Å². The topological polar surface area (TPSA) is 93.9 Å². The molecule has 1 aromatic rings. The maximum Gasteiger partial charge on any atom is 0.293 e. The van der Waals surface area contributed by atoms with Gasteiger partial charge in [0.1, 0.15) is 5.69 Å². The first kappa shape index (κ1) is 18.8. The molecule has 2 aliphatic rings. The maximum atomic E-state index is 11.5. The number of nitrogens with zero attached hydrogens (tertiary/aromatic N) is 2. The van der Waals surface area contributed by atoms with Crippen LogP contribution in [0.25, 0.3) is 0 Å². The zero-order valence-corrected chi connectivity index (χ0v) is 15.0. The van der Waals surface area contributed by atoms with Gasteiger partial charge in [-0.05, 0) is 25.5 Å². The molecule has 3 rings (SSSR count). The van der Waals surface area contributed by atoms with Gasteiger partial charge in [0.2, 0.25) is 0 Å². The van der Waals surface area contributed by atoms with E-state index in [1.807, 2.05) is 0 Å². The van der Waals surface area contributed by atoms with E-state index in [0.29, 0.717) is 36.9 Å². The standard InChI is InChI=1S/C18H25N3O5/c1-13(22)14-2-3-16(17(10-14)21(23)24)19-11-18(15-4-7-26-12-15)20-5-8-25-9-6-20/h2-3,10,15,18-19H,4-9,11-12H2,1H3/t15-,18-/m0/s1. The quantitative estimate of drug-likeness (QED) is 0.449. The number of nitro benzene ring substituents is 1. The molecular formula is C18H25N3O5. The van der Waals surface area contributed by atoms with Gasteiger partial charge in [0.25, 0.3) is 5.69 Å². The van der Waals surface area contributed by atoms with Gasteiger partial charge in [-0.25, -0.2) is 0 Å². The van der Waals surface area contributed by atoms with Crippen LogP contribution in [0.3, 0.4) is 0 Å². The summed E-state index contributed by atoms with van der Waals surface area (Å²) in [6.45, 7) is 6.60. The van der Waals surface area contributed by atoms with Crippen LogP contribution in [-0.2, 0) is 9.47 Å². The maximum absolute atomic E-state index is 11.5. The summed E-state index contributed by atoms with van der Waals surface area (Å²) in [5, 5.41) is 14.7. The zero-order chi connectivity index (χ0) is 18.5. The van der Waals surface area contributed by atoms with E-state index in [0.717, 1.165) is 32.7 Å². The van der Waals surface area contributed by atoms with Crippen LogP contribution in [-0.4, -0.2) is 67.7 Å². The molecule has 8 nitrogen and oxygen atoms in total. The van der Waals surface area contributed by atoms with Gasteiger partial charge in [0.05, 0.1) is 24.7 Å². The smallest absolute Gasteiger partial charge is 0.293 e. The van der Waals surface area contributed by atoms with E-state index in [1.165, 1.54) is 13.0 Å². The largest absolute Gasteiger partial charge is 0.381 e. The van der Waals surface area contributed by atoms with E-state index >= 15 is 0 Å². The molecule has 2 atom stereocenters. The van der Waals surface area contributed by atoms with Crippen LogP contribution in [0.1, 0.15) is 23.7 Å². The van der Waals surface area contributed by atoms with E-state index in [9.17, 15) is 14.9 Å². The summed E-state index contributed by atoms with van der Waals surface area (Å²) in [6.07, 6.45) is 0.995. The van der Waals surface area contributed by atoms with Gasteiger partial charge in [-0.2, -0.15) is 0 Å². The Hall–Kier alpha value is -2.03. The normalized spacial score (nSPS) is 22.1. The van der Waals surface area contributed by atoms with Gasteiger partial charge in [0, 0.05) is 49.8 Å². The Morgan fingerprint density at radius 3 is 2.73 bits per heavy atom. The van der Waals surface area contributed by atoms with Crippen LogP contribution in [0.2, 0.25) is 0 Å². The SMILES string of the molecule is CC(=O)c1ccc(NC[C@@H]([C@H]2CCOC2)N2CCOCC2)c([N+](=O)[O-])c1.